The van der Waals surface area contributed by atoms with Crippen molar-refractivity contribution < 1.29 is 21.9 Å². The fraction of sp³-hybridized carbons (Fsp3) is 0. The summed E-state index contributed by atoms with van der Waals surface area (Å²) in [4.78, 5) is 9.53. The van der Waals surface area contributed by atoms with E-state index >= 15 is 0 Å². The fourth-order valence-corrected chi connectivity index (χ4v) is 2.63. The molecule has 0 heterocycles. The maximum atomic E-state index is 13.0. The van der Waals surface area contributed by atoms with Gasteiger partial charge in [-0.2, -0.15) is 8.42 Å². The minimum absolute atomic E-state index is 0.110. The zero-order valence-corrected chi connectivity index (χ0v) is 11.8. The van der Waals surface area contributed by atoms with Crippen molar-refractivity contribution in [2.75, 3.05) is 0 Å². The number of rotatable bonds is 4. The average molecular weight is 332 g/mol. The standard InChI is InChI=1S/C12H7ClFNO5S/c13-11-7-10(5-6-12(11)14)21(18,19)20-9-3-1-8(2-4-9)15(16)17/h1-7H. The van der Waals surface area contributed by atoms with Crippen LogP contribution in [0.2, 0.25) is 5.02 Å². The van der Waals surface area contributed by atoms with Crippen molar-refractivity contribution in [1.82, 2.24) is 0 Å². The predicted molar refractivity (Wildman–Crippen MR) is 72.3 cm³/mol. The Kier molecular flexibility index (Phi) is 4.10. The van der Waals surface area contributed by atoms with E-state index in [4.69, 9.17) is 15.8 Å². The third-order valence-electron chi connectivity index (χ3n) is 2.43. The maximum Gasteiger partial charge on any atom is 0.339 e. The third kappa shape index (κ3) is 3.47. The molecule has 0 unspecified atom stereocenters. The summed E-state index contributed by atoms with van der Waals surface area (Å²) < 4.78 is 41.7. The van der Waals surface area contributed by atoms with Crippen LogP contribution in [0.15, 0.2) is 47.4 Å². The summed E-state index contributed by atoms with van der Waals surface area (Å²) in [6, 6.07) is 7.29. The van der Waals surface area contributed by atoms with E-state index in [1.165, 1.54) is 0 Å². The minimum atomic E-state index is -4.21. The topological polar surface area (TPSA) is 86.5 Å². The van der Waals surface area contributed by atoms with Gasteiger partial charge in [-0.05, 0) is 30.3 Å². The van der Waals surface area contributed by atoms with Crippen molar-refractivity contribution in [3.8, 4) is 5.75 Å². The van der Waals surface area contributed by atoms with Gasteiger partial charge in [-0.15, -0.1) is 0 Å². The number of nitrogens with zero attached hydrogens (tertiary/aromatic N) is 1. The van der Waals surface area contributed by atoms with Gasteiger partial charge >= 0.3 is 10.1 Å². The van der Waals surface area contributed by atoms with Crippen molar-refractivity contribution in [2.45, 2.75) is 4.90 Å². The molecule has 0 aliphatic carbocycles. The highest BCUT2D eigenvalue weighted by atomic mass is 35.5. The summed E-state index contributed by atoms with van der Waals surface area (Å²) >= 11 is 5.51. The molecule has 0 radical (unpaired) electrons. The summed E-state index contributed by atoms with van der Waals surface area (Å²) in [6.45, 7) is 0. The lowest BCUT2D eigenvalue weighted by Crippen LogP contribution is -2.09. The van der Waals surface area contributed by atoms with E-state index in [0.29, 0.717) is 0 Å². The Morgan fingerprint density at radius 2 is 1.76 bits per heavy atom. The molecule has 9 heteroatoms. The number of nitro groups is 1. The minimum Gasteiger partial charge on any atom is -0.379 e. The normalized spacial score (nSPS) is 11.1. The number of nitro benzene ring substituents is 1. The lowest BCUT2D eigenvalue weighted by Gasteiger charge is -2.07. The van der Waals surface area contributed by atoms with Crippen molar-refractivity contribution >= 4 is 27.4 Å². The number of hydrogen-bond acceptors (Lipinski definition) is 5. The number of hydrogen-bond donors (Lipinski definition) is 0. The average Bonchev–Trinajstić information content (AvgIpc) is 2.42. The summed E-state index contributed by atoms with van der Waals surface area (Å²) in [6.07, 6.45) is 0. The predicted octanol–water partition coefficient (Wildman–Crippen LogP) is 3.16. The summed E-state index contributed by atoms with van der Waals surface area (Å²) in [5.74, 6) is -0.869. The second kappa shape index (κ2) is 5.66. The molecule has 0 saturated carbocycles. The molecule has 2 aromatic carbocycles. The molecule has 6 nitrogen and oxygen atoms in total. The Balaban J connectivity index is 2.28. The molecule has 0 spiro atoms. The zero-order valence-electron chi connectivity index (χ0n) is 10.2. The number of non-ortho nitro benzene ring substituents is 1. The Morgan fingerprint density at radius 3 is 2.29 bits per heavy atom. The highest BCUT2D eigenvalue weighted by molar-refractivity contribution is 7.87. The molecule has 0 aliphatic heterocycles. The highest BCUT2D eigenvalue weighted by Crippen LogP contribution is 2.24. The zero-order chi connectivity index (χ0) is 15.6. The first-order valence-electron chi connectivity index (χ1n) is 5.43. The molecule has 2 aromatic rings. The Bertz CT molecular complexity index is 792. The lowest BCUT2D eigenvalue weighted by atomic mass is 10.3. The Morgan fingerprint density at radius 1 is 1.14 bits per heavy atom. The van der Waals surface area contributed by atoms with Crippen LogP contribution in [0.25, 0.3) is 0 Å². The van der Waals surface area contributed by atoms with E-state index in [1.807, 2.05) is 0 Å². The smallest absolute Gasteiger partial charge is 0.339 e. The molecule has 2 rings (SSSR count). The number of benzene rings is 2. The van der Waals surface area contributed by atoms with Crippen LogP contribution in [-0.4, -0.2) is 13.3 Å². The van der Waals surface area contributed by atoms with Crippen LogP contribution in [-0.2, 0) is 10.1 Å². The summed E-state index contributed by atoms with van der Waals surface area (Å²) in [7, 11) is -4.21. The van der Waals surface area contributed by atoms with E-state index < -0.39 is 20.9 Å². The molecular formula is C12H7ClFNO5S. The second-order valence-corrected chi connectivity index (χ2v) is 5.82. The van der Waals surface area contributed by atoms with Crippen LogP contribution >= 0.6 is 11.6 Å². The van der Waals surface area contributed by atoms with E-state index in [-0.39, 0.29) is 21.4 Å². The van der Waals surface area contributed by atoms with Crippen LogP contribution in [0.1, 0.15) is 0 Å². The van der Waals surface area contributed by atoms with Gasteiger partial charge in [0, 0.05) is 12.1 Å². The van der Waals surface area contributed by atoms with Crippen molar-refractivity contribution in [2.24, 2.45) is 0 Å². The first-order valence-corrected chi connectivity index (χ1v) is 7.22. The Hall–Kier alpha value is -2.19. The molecule has 0 saturated heterocycles. The van der Waals surface area contributed by atoms with Crippen LogP contribution in [0, 0.1) is 15.9 Å². The van der Waals surface area contributed by atoms with Gasteiger partial charge in [0.05, 0.1) is 9.95 Å². The van der Waals surface area contributed by atoms with Crippen LogP contribution in [0.5, 0.6) is 5.75 Å². The number of halogens is 2. The summed E-state index contributed by atoms with van der Waals surface area (Å²) in [5, 5.41) is 10.1. The SMILES string of the molecule is O=[N+]([O-])c1ccc(OS(=O)(=O)c2ccc(F)c(Cl)c2)cc1. The Labute approximate surface area is 124 Å². The van der Waals surface area contributed by atoms with Crippen LogP contribution in [0.4, 0.5) is 10.1 Å². The lowest BCUT2D eigenvalue weighted by molar-refractivity contribution is -0.384. The molecule has 0 N–H and O–H groups in total. The van der Waals surface area contributed by atoms with E-state index in [1.54, 1.807) is 0 Å². The van der Waals surface area contributed by atoms with Gasteiger partial charge < -0.3 is 4.18 Å². The molecule has 110 valence electrons. The van der Waals surface area contributed by atoms with Crippen LogP contribution in [0.3, 0.4) is 0 Å². The van der Waals surface area contributed by atoms with E-state index in [2.05, 4.69) is 0 Å². The van der Waals surface area contributed by atoms with E-state index in [9.17, 15) is 22.9 Å². The summed E-state index contributed by atoms with van der Waals surface area (Å²) in [5.41, 5.74) is -0.204. The van der Waals surface area contributed by atoms with Gasteiger partial charge in [0.1, 0.15) is 16.5 Å². The molecule has 0 amide bonds. The molecule has 0 aromatic heterocycles. The van der Waals surface area contributed by atoms with Crippen molar-refractivity contribution in [3.05, 3.63) is 63.4 Å². The molecule has 0 atom stereocenters. The van der Waals surface area contributed by atoms with Gasteiger partial charge in [0.2, 0.25) is 0 Å². The highest BCUT2D eigenvalue weighted by Gasteiger charge is 2.18. The third-order valence-corrected chi connectivity index (χ3v) is 3.97. The monoisotopic (exact) mass is 331 g/mol. The largest absolute Gasteiger partial charge is 0.379 e. The molecule has 0 bridgehead atoms. The van der Waals surface area contributed by atoms with Gasteiger partial charge in [-0.25, -0.2) is 4.39 Å². The van der Waals surface area contributed by atoms with Crippen molar-refractivity contribution in [3.63, 3.8) is 0 Å². The maximum absolute atomic E-state index is 13.0. The van der Waals surface area contributed by atoms with Gasteiger partial charge in [-0.1, -0.05) is 11.6 Å². The molecule has 21 heavy (non-hydrogen) atoms. The van der Waals surface area contributed by atoms with Crippen LogP contribution < -0.4 is 4.18 Å². The first-order chi connectivity index (χ1) is 9.79. The molecule has 0 fully saturated rings. The first kappa shape index (κ1) is 15.2. The van der Waals surface area contributed by atoms with Gasteiger partial charge in [-0.3, -0.25) is 10.1 Å². The van der Waals surface area contributed by atoms with Gasteiger partial charge in [0.15, 0.2) is 0 Å². The van der Waals surface area contributed by atoms with Gasteiger partial charge in [0.25, 0.3) is 5.69 Å². The van der Waals surface area contributed by atoms with E-state index in [0.717, 1.165) is 42.5 Å². The fourth-order valence-electron chi connectivity index (χ4n) is 1.43. The molecular weight excluding hydrogens is 325 g/mol. The molecule has 0 aliphatic rings. The second-order valence-electron chi connectivity index (χ2n) is 3.86. The quantitative estimate of drug-likeness (QED) is 0.488. The van der Waals surface area contributed by atoms with Crippen molar-refractivity contribution in [1.29, 1.82) is 0 Å².